The van der Waals surface area contributed by atoms with Crippen LogP contribution in [0.2, 0.25) is 0 Å². The maximum absolute atomic E-state index is 3.36. The summed E-state index contributed by atoms with van der Waals surface area (Å²) in [4.78, 5) is 1.46. The second kappa shape index (κ2) is 5.38. The molecule has 0 saturated carbocycles. The summed E-state index contributed by atoms with van der Waals surface area (Å²) in [7, 11) is 2.26. The molecule has 0 radical (unpaired) electrons. The molecule has 2 nitrogen and oxygen atoms in total. The Morgan fingerprint density at radius 2 is 1.67 bits per heavy atom. The molecule has 1 heterocycles. The van der Waals surface area contributed by atoms with Crippen LogP contribution < -0.4 is 10.2 Å². The molecule has 0 amide bonds. The third-order valence-electron chi connectivity index (χ3n) is 4.60. The Kier molecular flexibility index (Phi) is 3.56. The summed E-state index contributed by atoms with van der Waals surface area (Å²) in [5.74, 6) is 0. The van der Waals surface area contributed by atoms with E-state index >= 15 is 0 Å². The Balaban J connectivity index is 1.81. The quantitative estimate of drug-likeness (QED) is 0.882. The van der Waals surface area contributed by atoms with Gasteiger partial charge >= 0.3 is 0 Å². The van der Waals surface area contributed by atoms with Gasteiger partial charge in [0.2, 0.25) is 0 Å². The largest absolute Gasteiger partial charge is 0.362 e. The second-order valence-electron chi connectivity index (χ2n) is 6.30. The third-order valence-corrected chi connectivity index (χ3v) is 4.60. The zero-order valence-corrected chi connectivity index (χ0v) is 12.9. The summed E-state index contributed by atoms with van der Waals surface area (Å²) in [6, 6.07) is 19.5. The molecule has 2 aromatic rings. The molecule has 2 unspecified atom stereocenters. The lowest BCUT2D eigenvalue weighted by atomic mass is 9.80. The van der Waals surface area contributed by atoms with Crippen LogP contribution in [0.4, 0.5) is 11.4 Å². The summed E-state index contributed by atoms with van der Waals surface area (Å²) in [6.07, 6.45) is 4.37. The zero-order chi connectivity index (χ0) is 14.9. The Morgan fingerprint density at radius 1 is 1.00 bits per heavy atom. The van der Waals surface area contributed by atoms with Gasteiger partial charge in [-0.3, -0.25) is 4.90 Å². The van der Waals surface area contributed by atoms with Crippen molar-refractivity contribution >= 4 is 11.4 Å². The number of quaternary nitrogens is 1. The van der Waals surface area contributed by atoms with Crippen LogP contribution in [0.3, 0.4) is 0 Å². The predicted molar refractivity (Wildman–Crippen MR) is 89.0 cm³/mol. The van der Waals surface area contributed by atoms with E-state index in [1.54, 1.807) is 0 Å². The van der Waals surface area contributed by atoms with Crippen molar-refractivity contribution in [1.82, 2.24) is 0 Å². The molecule has 0 fully saturated rings. The standard InChI is InChI=1S/C19H22N2/c1-19(2)16-11-7-8-12-17(16)21(3)18(19)13-14-20-15-9-5-4-6-10-15/h4-14,18,20H,1-3H3/p+1. The minimum Gasteiger partial charge on any atom is -0.362 e. The number of rotatable bonds is 3. The summed E-state index contributed by atoms with van der Waals surface area (Å²) in [5.41, 5.74) is 4.14. The van der Waals surface area contributed by atoms with Crippen LogP contribution in [-0.4, -0.2) is 13.1 Å². The van der Waals surface area contributed by atoms with Crippen molar-refractivity contribution in [3.8, 4) is 0 Å². The van der Waals surface area contributed by atoms with Crippen molar-refractivity contribution in [1.29, 1.82) is 0 Å². The highest BCUT2D eigenvalue weighted by Crippen LogP contribution is 2.36. The minimum atomic E-state index is 0.148. The molecule has 2 atom stereocenters. The number of nitrogens with one attached hydrogen (secondary N) is 2. The molecule has 0 bridgehead atoms. The number of hydrogen-bond donors (Lipinski definition) is 2. The Labute approximate surface area is 127 Å². The van der Waals surface area contributed by atoms with Crippen molar-refractivity contribution in [2.75, 3.05) is 12.4 Å². The molecule has 3 rings (SSSR count). The van der Waals surface area contributed by atoms with E-state index in [0.29, 0.717) is 6.04 Å². The number of anilines is 1. The van der Waals surface area contributed by atoms with Crippen LogP contribution in [0.1, 0.15) is 19.4 Å². The van der Waals surface area contributed by atoms with Gasteiger partial charge in [0.1, 0.15) is 11.7 Å². The van der Waals surface area contributed by atoms with Crippen LogP contribution in [0, 0.1) is 0 Å². The molecular formula is C19H23N2+. The average molecular weight is 279 g/mol. The molecule has 2 heteroatoms. The van der Waals surface area contributed by atoms with Gasteiger partial charge in [-0.1, -0.05) is 36.4 Å². The van der Waals surface area contributed by atoms with E-state index in [1.807, 2.05) is 18.2 Å². The normalized spacial score (nSPS) is 23.2. The number of likely N-dealkylation sites (N-methyl/N-ethyl adjacent to an activating group) is 1. The summed E-state index contributed by atoms with van der Waals surface area (Å²) in [5, 5.41) is 3.36. The van der Waals surface area contributed by atoms with E-state index < -0.39 is 0 Å². The van der Waals surface area contributed by atoms with E-state index in [4.69, 9.17) is 0 Å². The maximum Gasteiger partial charge on any atom is 0.135 e. The maximum atomic E-state index is 3.36. The van der Waals surface area contributed by atoms with E-state index in [2.05, 4.69) is 74.9 Å². The molecule has 0 aromatic heterocycles. The van der Waals surface area contributed by atoms with Crippen LogP contribution >= 0.6 is 0 Å². The number of para-hydroxylation sites is 2. The Hall–Kier alpha value is -2.06. The monoisotopic (exact) mass is 279 g/mol. The van der Waals surface area contributed by atoms with E-state index in [9.17, 15) is 0 Å². The SMILES string of the molecule is C[NH+]1c2ccccc2C(C)(C)C1C=CNc1ccccc1. The summed E-state index contributed by atoms with van der Waals surface area (Å²) >= 11 is 0. The van der Waals surface area contributed by atoms with Gasteiger partial charge in [0.25, 0.3) is 0 Å². The Bertz CT molecular complexity index is 644. The molecule has 0 spiro atoms. The second-order valence-corrected chi connectivity index (χ2v) is 6.30. The number of fused-ring (bicyclic) bond motifs is 1. The molecular weight excluding hydrogens is 256 g/mol. The zero-order valence-electron chi connectivity index (χ0n) is 12.9. The fraction of sp³-hybridized carbons (Fsp3) is 0.263. The van der Waals surface area contributed by atoms with Gasteiger partial charge in [-0.05, 0) is 38.1 Å². The molecule has 1 aliphatic heterocycles. The van der Waals surface area contributed by atoms with Crippen molar-refractivity contribution < 1.29 is 4.90 Å². The molecule has 21 heavy (non-hydrogen) atoms. The van der Waals surface area contributed by atoms with Crippen molar-refractivity contribution in [3.63, 3.8) is 0 Å². The van der Waals surface area contributed by atoms with Crippen molar-refractivity contribution in [2.45, 2.75) is 25.3 Å². The van der Waals surface area contributed by atoms with Gasteiger partial charge < -0.3 is 5.32 Å². The smallest absolute Gasteiger partial charge is 0.135 e. The molecule has 0 aliphatic carbocycles. The fourth-order valence-electron chi connectivity index (χ4n) is 3.43. The predicted octanol–water partition coefficient (Wildman–Crippen LogP) is 3.12. The minimum absolute atomic E-state index is 0.148. The van der Waals surface area contributed by atoms with Crippen LogP contribution in [-0.2, 0) is 5.41 Å². The summed E-state index contributed by atoms with van der Waals surface area (Å²) < 4.78 is 0. The van der Waals surface area contributed by atoms with E-state index in [0.717, 1.165) is 5.69 Å². The molecule has 108 valence electrons. The van der Waals surface area contributed by atoms with Gasteiger partial charge in [-0.2, -0.15) is 0 Å². The molecule has 1 aliphatic rings. The topological polar surface area (TPSA) is 16.5 Å². The fourth-order valence-corrected chi connectivity index (χ4v) is 3.43. The number of hydrogen-bond acceptors (Lipinski definition) is 1. The Morgan fingerprint density at radius 3 is 2.38 bits per heavy atom. The highest BCUT2D eigenvalue weighted by molar-refractivity contribution is 5.50. The van der Waals surface area contributed by atoms with Gasteiger partial charge in [0.15, 0.2) is 0 Å². The molecule has 2 N–H and O–H groups in total. The first kappa shape index (κ1) is 13.9. The lowest BCUT2D eigenvalue weighted by Gasteiger charge is -2.25. The molecule has 0 saturated heterocycles. The third kappa shape index (κ3) is 2.47. The van der Waals surface area contributed by atoms with Crippen LogP contribution in [0.15, 0.2) is 66.9 Å². The van der Waals surface area contributed by atoms with E-state index in [-0.39, 0.29) is 5.41 Å². The first-order valence-electron chi connectivity index (χ1n) is 7.52. The lowest BCUT2D eigenvalue weighted by molar-refractivity contribution is -0.828. The van der Waals surface area contributed by atoms with Crippen LogP contribution in [0.5, 0.6) is 0 Å². The van der Waals surface area contributed by atoms with Gasteiger partial charge in [0.05, 0.1) is 12.5 Å². The van der Waals surface area contributed by atoms with Crippen molar-refractivity contribution in [3.05, 3.63) is 72.4 Å². The first-order chi connectivity index (χ1) is 10.1. The first-order valence-corrected chi connectivity index (χ1v) is 7.52. The average Bonchev–Trinajstić information content (AvgIpc) is 2.70. The van der Waals surface area contributed by atoms with Gasteiger partial charge in [-0.25, -0.2) is 0 Å². The molecule has 2 aromatic carbocycles. The van der Waals surface area contributed by atoms with Gasteiger partial charge in [0, 0.05) is 17.5 Å². The summed E-state index contributed by atoms with van der Waals surface area (Å²) in [6.45, 7) is 4.67. The highest BCUT2D eigenvalue weighted by Gasteiger charge is 2.45. The lowest BCUT2D eigenvalue weighted by Crippen LogP contribution is -3.07. The highest BCUT2D eigenvalue weighted by atomic mass is 15.2. The van der Waals surface area contributed by atoms with E-state index in [1.165, 1.54) is 16.2 Å². The van der Waals surface area contributed by atoms with Crippen molar-refractivity contribution in [2.24, 2.45) is 0 Å². The van der Waals surface area contributed by atoms with Crippen LogP contribution in [0.25, 0.3) is 0 Å². The van der Waals surface area contributed by atoms with Gasteiger partial charge in [-0.15, -0.1) is 0 Å². The number of benzene rings is 2.